The minimum atomic E-state index is -0.489. The van der Waals surface area contributed by atoms with Crippen molar-refractivity contribution in [2.24, 2.45) is 0 Å². The first-order chi connectivity index (χ1) is 30.3. The topological polar surface area (TPSA) is 25.8 Å². The van der Waals surface area contributed by atoms with Crippen LogP contribution in [0, 0.1) is 0 Å². The minimum Gasteiger partial charge on any atom is -0.228 e. The van der Waals surface area contributed by atoms with Crippen LogP contribution in [0.25, 0.3) is 88.5 Å². The van der Waals surface area contributed by atoms with Crippen molar-refractivity contribution in [3.05, 3.63) is 253 Å². The largest absolute Gasteiger partial charge is 0.228 e. The van der Waals surface area contributed by atoms with E-state index in [2.05, 4.69) is 206 Å². The van der Waals surface area contributed by atoms with Gasteiger partial charge in [0.2, 0.25) is 0 Å². The van der Waals surface area contributed by atoms with Gasteiger partial charge in [-0.2, -0.15) is 0 Å². The number of aromatic nitrogens is 2. The van der Waals surface area contributed by atoms with E-state index >= 15 is 0 Å². The highest BCUT2D eigenvalue weighted by atomic mass is 14.9. The summed E-state index contributed by atoms with van der Waals surface area (Å²) in [7, 11) is 0. The summed E-state index contributed by atoms with van der Waals surface area (Å²) in [4.78, 5) is 10.3. The zero-order valence-corrected chi connectivity index (χ0v) is 33.3. The smallest absolute Gasteiger partial charge is 0.160 e. The summed E-state index contributed by atoms with van der Waals surface area (Å²) in [6, 6.07) is 83.7. The first-order valence-electron chi connectivity index (χ1n) is 21.0. The van der Waals surface area contributed by atoms with Gasteiger partial charge in [-0.1, -0.05) is 212 Å². The van der Waals surface area contributed by atoms with Crippen LogP contribution in [0.1, 0.15) is 22.3 Å². The SMILES string of the molecule is c1ccc(-c2cc(-c3ccc4c5ccccc5c5cccc(-c6ccc7c(c6)C(c6ccccc6)(c6ccccc6)c6ccccc6-7)c5c4c3)nc(-c3ccccc3)n2)cc1. The fourth-order valence-corrected chi connectivity index (χ4v) is 10.1. The van der Waals surface area contributed by atoms with Gasteiger partial charge in [0.1, 0.15) is 0 Å². The molecule has 0 unspecified atom stereocenters. The van der Waals surface area contributed by atoms with Crippen LogP contribution in [-0.2, 0) is 5.41 Å². The number of nitrogens with zero attached hydrogens (tertiary/aromatic N) is 2. The first-order valence-corrected chi connectivity index (χ1v) is 21.0. The predicted octanol–water partition coefficient (Wildman–Crippen LogP) is 15.0. The van der Waals surface area contributed by atoms with E-state index in [-0.39, 0.29) is 0 Å². The monoisotopic (exact) mass is 774 g/mol. The number of rotatable bonds is 6. The third-order valence-corrected chi connectivity index (χ3v) is 12.8. The predicted molar refractivity (Wildman–Crippen MR) is 254 cm³/mol. The lowest BCUT2D eigenvalue weighted by Crippen LogP contribution is -2.28. The molecule has 0 radical (unpaired) electrons. The molecule has 0 spiro atoms. The van der Waals surface area contributed by atoms with Crippen molar-refractivity contribution < 1.29 is 0 Å². The zero-order valence-electron chi connectivity index (χ0n) is 33.3. The molecule has 0 bridgehead atoms. The summed E-state index contributed by atoms with van der Waals surface area (Å²) in [6.07, 6.45) is 0. The Balaban J connectivity index is 1.13. The van der Waals surface area contributed by atoms with E-state index in [0.717, 1.165) is 28.1 Å². The summed E-state index contributed by atoms with van der Waals surface area (Å²) in [5.74, 6) is 0.709. The van der Waals surface area contributed by atoms with E-state index < -0.39 is 5.41 Å². The molecule has 12 rings (SSSR count). The molecule has 284 valence electrons. The second kappa shape index (κ2) is 14.1. The van der Waals surface area contributed by atoms with Gasteiger partial charge in [-0.25, -0.2) is 9.97 Å². The average molecular weight is 775 g/mol. The lowest BCUT2D eigenvalue weighted by molar-refractivity contribution is 0.769. The van der Waals surface area contributed by atoms with Gasteiger partial charge in [-0.3, -0.25) is 0 Å². The van der Waals surface area contributed by atoms with Crippen LogP contribution < -0.4 is 0 Å². The summed E-state index contributed by atoms with van der Waals surface area (Å²) >= 11 is 0. The molecular weight excluding hydrogens is 737 g/mol. The van der Waals surface area contributed by atoms with Gasteiger partial charge >= 0.3 is 0 Å². The highest BCUT2D eigenvalue weighted by Gasteiger charge is 2.46. The highest BCUT2D eigenvalue weighted by molar-refractivity contribution is 6.29. The standard InChI is InChI=1S/C59H38N2/c1-5-18-39(19-6-1)55-38-56(61-58(60-55)40-20-7-2-8-21-40)42-33-34-48-46-26-13-14-27-47(46)51-30-17-29-45(57(51)52(48)36-42)41-32-35-50-49-28-15-16-31-53(49)59(54(50)37-41,43-22-9-3-10-23-43)44-24-11-4-12-25-44/h1-38H. The molecule has 10 aromatic carbocycles. The molecule has 61 heavy (non-hydrogen) atoms. The lowest BCUT2D eigenvalue weighted by Gasteiger charge is -2.34. The average Bonchev–Trinajstić information content (AvgIpc) is 3.65. The number of hydrogen-bond donors (Lipinski definition) is 0. The van der Waals surface area contributed by atoms with Crippen LogP contribution in [-0.4, -0.2) is 9.97 Å². The van der Waals surface area contributed by atoms with Gasteiger partial charge in [-0.05, 0) is 95.0 Å². The molecule has 1 aliphatic rings. The highest BCUT2D eigenvalue weighted by Crippen LogP contribution is 2.57. The van der Waals surface area contributed by atoms with Crippen molar-refractivity contribution in [3.8, 4) is 56.2 Å². The third kappa shape index (κ3) is 5.50. The molecule has 1 aromatic heterocycles. The van der Waals surface area contributed by atoms with Crippen molar-refractivity contribution >= 4 is 32.3 Å². The number of fused-ring (bicyclic) bond motifs is 9. The van der Waals surface area contributed by atoms with Gasteiger partial charge in [0.15, 0.2) is 5.82 Å². The minimum absolute atomic E-state index is 0.489. The lowest BCUT2D eigenvalue weighted by atomic mass is 9.67. The maximum atomic E-state index is 5.25. The molecule has 0 fully saturated rings. The van der Waals surface area contributed by atoms with Crippen LogP contribution in [0.3, 0.4) is 0 Å². The normalized spacial score (nSPS) is 12.7. The Kier molecular flexibility index (Phi) is 8.11. The van der Waals surface area contributed by atoms with Crippen LogP contribution in [0.4, 0.5) is 0 Å². The molecular formula is C59H38N2. The maximum Gasteiger partial charge on any atom is 0.160 e. The van der Waals surface area contributed by atoms with Crippen LogP contribution in [0.15, 0.2) is 231 Å². The molecule has 1 aliphatic carbocycles. The van der Waals surface area contributed by atoms with E-state index in [4.69, 9.17) is 9.97 Å². The van der Waals surface area contributed by atoms with Crippen LogP contribution in [0.2, 0.25) is 0 Å². The fraction of sp³-hybridized carbons (Fsp3) is 0.0169. The van der Waals surface area contributed by atoms with Crippen molar-refractivity contribution in [2.75, 3.05) is 0 Å². The van der Waals surface area contributed by atoms with E-state index in [0.29, 0.717) is 5.82 Å². The molecule has 0 atom stereocenters. The second-order valence-corrected chi connectivity index (χ2v) is 16.0. The van der Waals surface area contributed by atoms with E-state index in [1.165, 1.54) is 76.8 Å². The molecule has 11 aromatic rings. The molecule has 0 N–H and O–H groups in total. The van der Waals surface area contributed by atoms with Gasteiger partial charge in [0.05, 0.1) is 16.8 Å². The number of benzene rings is 10. The van der Waals surface area contributed by atoms with E-state index in [1.807, 2.05) is 24.3 Å². The maximum absolute atomic E-state index is 5.25. The Morgan fingerprint density at radius 3 is 1.49 bits per heavy atom. The summed E-state index contributed by atoms with van der Waals surface area (Å²) in [5.41, 5.74) is 14.5. The Morgan fingerprint density at radius 2 is 0.787 bits per heavy atom. The fourth-order valence-electron chi connectivity index (χ4n) is 10.1. The summed E-state index contributed by atoms with van der Waals surface area (Å²) < 4.78 is 0. The summed E-state index contributed by atoms with van der Waals surface area (Å²) in [6.45, 7) is 0. The quantitative estimate of drug-likeness (QED) is 0.157. The van der Waals surface area contributed by atoms with Crippen LogP contribution in [0.5, 0.6) is 0 Å². The van der Waals surface area contributed by atoms with Crippen molar-refractivity contribution in [3.63, 3.8) is 0 Å². The van der Waals surface area contributed by atoms with Gasteiger partial charge in [0.25, 0.3) is 0 Å². The third-order valence-electron chi connectivity index (χ3n) is 12.8. The Labute approximate surface area is 355 Å². The van der Waals surface area contributed by atoms with Crippen LogP contribution >= 0.6 is 0 Å². The first kappa shape index (κ1) is 35.0. The molecule has 0 saturated heterocycles. The molecule has 0 saturated carbocycles. The zero-order chi connectivity index (χ0) is 40.3. The molecule has 0 aliphatic heterocycles. The Hall–Kier alpha value is -7.94. The summed E-state index contributed by atoms with van der Waals surface area (Å²) in [5, 5.41) is 7.37. The van der Waals surface area contributed by atoms with Gasteiger partial charge < -0.3 is 0 Å². The Bertz CT molecular complexity index is 3350. The second-order valence-electron chi connectivity index (χ2n) is 16.0. The Morgan fingerprint density at radius 1 is 0.279 bits per heavy atom. The van der Waals surface area contributed by atoms with Crippen molar-refractivity contribution in [1.29, 1.82) is 0 Å². The molecule has 2 nitrogen and oxygen atoms in total. The molecule has 1 heterocycles. The van der Waals surface area contributed by atoms with Gasteiger partial charge in [-0.15, -0.1) is 0 Å². The van der Waals surface area contributed by atoms with Crippen molar-refractivity contribution in [1.82, 2.24) is 9.97 Å². The van der Waals surface area contributed by atoms with Crippen molar-refractivity contribution in [2.45, 2.75) is 5.41 Å². The van der Waals surface area contributed by atoms with Gasteiger partial charge in [0, 0.05) is 16.7 Å². The van der Waals surface area contributed by atoms with E-state index in [9.17, 15) is 0 Å². The van der Waals surface area contributed by atoms with E-state index in [1.54, 1.807) is 0 Å². The molecule has 0 amide bonds. The number of hydrogen-bond acceptors (Lipinski definition) is 2. The molecule has 2 heteroatoms.